The molecule has 80 valence electrons. The van der Waals surface area contributed by atoms with Crippen LogP contribution in [0, 0.1) is 0 Å². The minimum Gasteiger partial charge on any atom is -0.368 e. The second kappa shape index (κ2) is 5.28. The van der Waals surface area contributed by atoms with Gasteiger partial charge in [-0.15, -0.1) is 0 Å². The van der Waals surface area contributed by atoms with E-state index in [-0.39, 0.29) is 17.3 Å². The maximum atomic E-state index is 11.3. The number of nitrogens with one attached hydrogen (secondary N) is 1. The molecule has 2 amide bonds. The minimum atomic E-state index is -0.678. The Hall–Kier alpha value is -1.66. The zero-order valence-corrected chi connectivity index (χ0v) is 8.32. The number of nitrogens with two attached hydrogens (primary N) is 1. The lowest BCUT2D eigenvalue weighted by Gasteiger charge is -2.03. The zero-order valence-electron chi connectivity index (χ0n) is 7.57. The lowest BCUT2D eigenvalue weighted by atomic mass is 10.3. The van der Waals surface area contributed by atoms with Gasteiger partial charge in [0.25, 0.3) is 5.91 Å². The highest BCUT2D eigenvalue weighted by molar-refractivity contribution is 6.29. The van der Waals surface area contributed by atoms with Crippen molar-refractivity contribution >= 4 is 23.4 Å². The molecule has 0 bridgehead atoms. The first kappa shape index (κ1) is 11.4. The van der Waals surface area contributed by atoms with Gasteiger partial charge in [0.15, 0.2) is 6.61 Å². The van der Waals surface area contributed by atoms with Crippen LogP contribution in [-0.4, -0.2) is 23.4 Å². The fourth-order valence-corrected chi connectivity index (χ4v) is 0.949. The van der Waals surface area contributed by atoms with Crippen molar-refractivity contribution in [1.82, 2.24) is 10.5 Å². The molecule has 0 aliphatic rings. The molecule has 0 aliphatic carbocycles. The van der Waals surface area contributed by atoms with Crippen molar-refractivity contribution in [3.05, 3.63) is 29.0 Å². The Bertz CT molecular complexity index is 383. The van der Waals surface area contributed by atoms with Gasteiger partial charge < -0.3 is 5.73 Å². The van der Waals surface area contributed by atoms with Crippen molar-refractivity contribution in [3.63, 3.8) is 0 Å². The molecule has 0 spiro atoms. The van der Waals surface area contributed by atoms with Crippen molar-refractivity contribution in [2.75, 3.05) is 6.61 Å². The maximum absolute atomic E-state index is 11.3. The lowest BCUT2D eigenvalue weighted by Crippen LogP contribution is -2.29. The van der Waals surface area contributed by atoms with Crippen LogP contribution >= 0.6 is 11.6 Å². The highest BCUT2D eigenvalue weighted by Crippen LogP contribution is 2.06. The average Bonchev–Trinajstić information content (AvgIpc) is 2.17. The molecule has 0 saturated carbocycles. The van der Waals surface area contributed by atoms with E-state index in [1.54, 1.807) is 0 Å². The highest BCUT2D eigenvalue weighted by Gasteiger charge is 2.06. The monoisotopic (exact) mass is 229 g/mol. The molecule has 15 heavy (non-hydrogen) atoms. The van der Waals surface area contributed by atoms with Crippen LogP contribution in [0.5, 0.6) is 0 Å². The predicted molar refractivity (Wildman–Crippen MR) is 51.9 cm³/mol. The number of halogens is 1. The summed E-state index contributed by atoms with van der Waals surface area (Å²) in [5.41, 5.74) is 7.10. The molecule has 0 atom stereocenters. The second-order valence-corrected chi connectivity index (χ2v) is 2.94. The van der Waals surface area contributed by atoms with E-state index in [1.165, 1.54) is 18.3 Å². The van der Waals surface area contributed by atoms with E-state index >= 15 is 0 Å². The van der Waals surface area contributed by atoms with Gasteiger partial charge in [-0.25, -0.2) is 10.5 Å². The maximum Gasteiger partial charge on any atom is 0.275 e. The largest absolute Gasteiger partial charge is 0.368 e. The molecule has 1 aromatic rings. The number of rotatable bonds is 4. The Morgan fingerprint density at radius 1 is 1.60 bits per heavy atom. The Labute approximate surface area is 90.3 Å². The first-order valence-electron chi connectivity index (χ1n) is 3.91. The van der Waals surface area contributed by atoms with Crippen LogP contribution in [0.4, 0.5) is 0 Å². The number of pyridine rings is 1. The molecule has 3 N–H and O–H groups in total. The number of nitrogens with zero attached hydrogens (tertiary/aromatic N) is 1. The number of hydrogen-bond donors (Lipinski definition) is 2. The van der Waals surface area contributed by atoms with E-state index in [0.29, 0.717) is 0 Å². The van der Waals surface area contributed by atoms with E-state index < -0.39 is 11.8 Å². The molecule has 1 aromatic heterocycles. The van der Waals surface area contributed by atoms with E-state index in [1.807, 2.05) is 5.48 Å². The quantitative estimate of drug-likeness (QED) is 0.556. The van der Waals surface area contributed by atoms with Crippen LogP contribution < -0.4 is 11.2 Å². The summed E-state index contributed by atoms with van der Waals surface area (Å²) < 4.78 is 0. The Morgan fingerprint density at radius 2 is 2.33 bits per heavy atom. The van der Waals surface area contributed by atoms with Gasteiger partial charge in [-0.2, -0.15) is 0 Å². The van der Waals surface area contributed by atoms with E-state index in [0.717, 1.165) is 0 Å². The Kier molecular flexibility index (Phi) is 4.02. The summed E-state index contributed by atoms with van der Waals surface area (Å²) in [6.45, 7) is -0.384. The summed E-state index contributed by atoms with van der Waals surface area (Å²) in [7, 11) is 0. The molecule has 0 radical (unpaired) electrons. The third-order valence-electron chi connectivity index (χ3n) is 1.37. The number of hydroxylamine groups is 1. The van der Waals surface area contributed by atoms with Crippen molar-refractivity contribution in [2.45, 2.75) is 0 Å². The minimum absolute atomic E-state index is 0.192. The number of aromatic nitrogens is 1. The van der Waals surface area contributed by atoms with Gasteiger partial charge in [-0.3, -0.25) is 14.4 Å². The van der Waals surface area contributed by atoms with Crippen LogP contribution in [0.25, 0.3) is 0 Å². The molecular formula is C8H8ClN3O3. The highest BCUT2D eigenvalue weighted by atomic mass is 35.5. The summed E-state index contributed by atoms with van der Waals surface area (Å²) in [4.78, 5) is 29.8. The van der Waals surface area contributed by atoms with Crippen LogP contribution in [0.15, 0.2) is 18.3 Å². The molecule has 0 aromatic carbocycles. The summed E-state index contributed by atoms with van der Waals surface area (Å²) in [5.74, 6) is -1.20. The molecule has 0 fully saturated rings. The summed E-state index contributed by atoms with van der Waals surface area (Å²) in [5, 5.41) is 0.192. The fourth-order valence-electron chi connectivity index (χ4n) is 0.775. The topological polar surface area (TPSA) is 94.3 Å². The van der Waals surface area contributed by atoms with Gasteiger partial charge in [0.2, 0.25) is 5.91 Å². The van der Waals surface area contributed by atoms with Gasteiger partial charge in [0.05, 0.1) is 0 Å². The zero-order chi connectivity index (χ0) is 11.3. The van der Waals surface area contributed by atoms with Crippen LogP contribution in [0.2, 0.25) is 5.15 Å². The Balaban J connectivity index is 2.50. The number of amides is 2. The van der Waals surface area contributed by atoms with Gasteiger partial charge in [-0.05, 0) is 12.1 Å². The van der Waals surface area contributed by atoms with Crippen molar-refractivity contribution < 1.29 is 14.4 Å². The molecule has 0 unspecified atom stereocenters. The number of carbonyl (C=O) groups excluding carboxylic acids is 2. The fraction of sp³-hybridized carbons (Fsp3) is 0.125. The number of primary amides is 1. The van der Waals surface area contributed by atoms with Gasteiger partial charge in [-0.1, -0.05) is 11.6 Å². The molecule has 0 aliphatic heterocycles. The van der Waals surface area contributed by atoms with Crippen molar-refractivity contribution in [1.29, 1.82) is 0 Å². The van der Waals surface area contributed by atoms with Crippen LogP contribution in [-0.2, 0) is 9.63 Å². The van der Waals surface area contributed by atoms with Crippen LogP contribution in [0.1, 0.15) is 10.4 Å². The standard InChI is InChI=1S/C8H8ClN3O3/c9-6-3-5(1-2-11-6)8(14)12-15-4-7(10)13/h1-3H,4H2,(H2,10,13)(H,12,14). The van der Waals surface area contributed by atoms with Crippen LogP contribution in [0.3, 0.4) is 0 Å². The molecule has 1 rings (SSSR count). The molecule has 1 heterocycles. The smallest absolute Gasteiger partial charge is 0.275 e. The SMILES string of the molecule is NC(=O)CONC(=O)c1ccnc(Cl)c1. The van der Waals surface area contributed by atoms with E-state index in [4.69, 9.17) is 17.3 Å². The van der Waals surface area contributed by atoms with E-state index in [2.05, 4.69) is 9.82 Å². The normalized spacial score (nSPS) is 9.67. The third kappa shape index (κ3) is 3.92. The van der Waals surface area contributed by atoms with Crippen molar-refractivity contribution in [2.24, 2.45) is 5.73 Å². The predicted octanol–water partition coefficient (Wildman–Crippen LogP) is -0.118. The third-order valence-corrected chi connectivity index (χ3v) is 1.57. The Morgan fingerprint density at radius 3 is 2.93 bits per heavy atom. The van der Waals surface area contributed by atoms with Crippen molar-refractivity contribution in [3.8, 4) is 0 Å². The van der Waals surface area contributed by atoms with E-state index in [9.17, 15) is 9.59 Å². The van der Waals surface area contributed by atoms with Gasteiger partial charge in [0, 0.05) is 11.8 Å². The van der Waals surface area contributed by atoms with Gasteiger partial charge >= 0.3 is 0 Å². The molecule has 6 nitrogen and oxygen atoms in total. The first-order chi connectivity index (χ1) is 7.09. The summed E-state index contributed by atoms with van der Waals surface area (Å²) >= 11 is 5.57. The second-order valence-electron chi connectivity index (χ2n) is 2.55. The number of carbonyl (C=O) groups is 2. The average molecular weight is 230 g/mol. The number of hydrogen-bond acceptors (Lipinski definition) is 4. The lowest BCUT2D eigenvalue weighted by molar-refractivity contribution is -0.124. The summed E-state index contributed by atoms with van der Waals surface area (Å²) in [6.07, 6.45) is 1.38. The molecule has 0 saturated heterocycles. The summed E-state index contributed by atoms with van der Waals surface area (Å²) in [6, 6.07) is 2.82. The molecule has 7 heteroatoms. The molecular weight excluding hydrogens is 222 g/mol. The first-order valence-corrected chi connectivity index (χ1v) is 4.29. The van der Waals surface area contributed by atoms with Gasteiger partial charge in [0.1, 0.15) is 5.15 Å².